The first-order valence-electron chi connectivity index (χ1n) is 7.75. The van der Waals surface area contributed by atoms with Crippen LogP contribution in [-0.4, -0.2) is 46.7 Å². The first kappa shape index (κ1) is 15.5. The Hall–Kier alpha value is -2.41. The standard InChI is InChI=1S/C16H21N5O2/c1-11-9-21(10-18-11)14-6-5-13(20-16(14)23-2)15(22)19-12-4-3-7-17-8-12/h5-6,9-10,12,17H,3-4,7-8H2,1-2H3,(H,19,22)/t12-/m0/s1. The molecule has 1 fully saturated rings. The first-order chi connectivity index (χ1) is 11.2. The smallest absolute Gasteiger partial charge is 0.270 e. The summed E-state index contributed by atoms with van der Waals surface area (Å²) in [6.07, 6.45) is 5.64. The van der Waals surface area contributed by atoms with Crippen LogP contribution >= 0.6 is 0 Å². The molecule has 3 heterocycles. The van der Waals surface area contributed by atoms with Gasteiger partial charge in [0, 0.05) is 18.8 Å². The van der Waals surface area contributed by atoms with E-state index in [1.165, 1.54) is 0 Å². The summed E-state index contributed by atoms with van der Waals surface area (Å²) in [5.74, 6) is 0.224. The van der Waals surface area contributed by atoms with E-state index in [9.17, 15) is 4.79 Å². The number of hydrogen-bond donors (Lipinski definition) is 2. The Bertz CT molecular complexity index is 692. The van der Waals surface area contributed by atoms with Crippen LogP contribution in [0.4, 0.5) is 0 Å². The number of carbonyl (C=O) groups excluding carboxylic acids is 1. The van der Waals surface area contributed by atoms with Gasteiger partial charge in [-0.05, 0) is 38.4 Å². The van der Waals surface area contributed by atoms with Crippen LogP contribution in [0.3, 0.4) is 0 Å². The van der Waals surface area contributed by atoms with E-state index in [-0.39, 0.29) is 11.9 Å². The number of hydrogen-bond acceptors (Lipinski definition) is 5. The van der Waals surface area contributed by atoms with Crippen molar-refractivity contribution in [3.63, 3.8) is 0 Å². The fourth-order valence-electron chi connectivity index (χ4n) is 2.69. The van der Waals surface area contributed by atoms with E-state index >= 15 is 0 Å². The second-order valence-corrected chi connectivity index (χ2v) is 5.66. The van der Waals surface area contributed by atoms with E-state index in [0.717, 1.165) is 37.3 Å². The molecule has 0 aromatic carbocycles. The van der Waals surface area contributed by atoms with Gasteiger partial charge in [-0.3, -0.25) is 4.79 Å². The molecule has 1 amide bonds. The molecule has 1 aliphatic rings. The molecule has 122 valence electrons. The molecule has 7 heteroatoms. The SMILES string of the molecule is COc1nc(C(=O)N[C@H]2CCCNC2)ccc1-n1cnc(C)c1. The summed E-state index contributed by atoms with van der Waals surface area (Å²) in [5, 5.41) is 6.29. The van der Waals surface area contributed by atoms with Gasteiger partial charge in [-0.1, -0.05) is 0 Å². The summed E-state index contributed by atoms with van der Waals surface area (Å²) in [5.41, 5.74) is 2.01. The number of aryl methyl sites for hydroxylation is 1. The molecule has 0 unspecified atom stereocenters. The highest BCUT2D eigenvalue weighted by molar-refractivity contribution is 5.92. The molecule has 23 heavy (non-hydrogen) atoms. The molecule has 1 saturated heterocycles. The van der Waals surface area contributed by atoms with E-state index in [0.29, 0.717) is 11.6 Å². The van der Waals surface area contributed by atoms with Gasteiger partial charge < -0.3 is 19.9 Å². The molecule has 0 bridgehead atoms. The highest BCUT2D eigenvalue weighted by atomic mass is 16.5. The van der Waals surface area contributed by atoms with Gasteiger partial charge >= 0.3 is 0 Å². The monoisotopic (exact) mass is 315 g/mol. The number of ether oxygens (including phenoxy) is 1. The maximum atomic E-state index is 12.4. The largest absolute Gasteiger partial charge is 0.479 e. The van der Waals surface area contributed by atoms with Crippen molar-refractivity contribution in [3.05, 3.63) is 36.0 Å². The number of rotatable bonds is 4. The number of nitrogens with zero attached hydrogens (tertiary/aromatic N) is 3. The fraction of sp³-hybridized carbons (Fsp3) is 0.438. The molecular formula is C16H21N5O2. The topological polar surface area (TPSA) is 81.1 Å². The van der Waals surface area contributed by atoms with Gasteiger partial charge in [-0.25, -0.2) is 9.97 Å². The van der Waals surface area contributed by atoms with Crippen LogP contribution in [0.1, 0.15) is 29.0 Å². The molecule has 0 aliphatic carbocycles. The Kier molecular flexibility index (Phi) is 4.57. The lowest BCUT2D eigenvalue weighted by molar-refractivity contribution is 0.0924. The van der Waals surface area contributed by atoms with Gasteiger partial charge in [-0.15, -0.1) is 0 Å². The van der Waals surface area contributed by atoms with Crippen molar-refractivity contribution in [2.75, 3.05) is 20.2 Å². The summed E-state index contributed by atoms with van der Waals surface area (Å²) in [6, 6.07) is 3.68. The van der Waals surface area contributed by atoms with Crippen LogP contribution in [-0.2, 0) is 0 Å². The van der Waals surface area contributed by atoms with Crippen LogP contribution in [0.25, 0.3) is 5.69 Å². The number of amides is 1. The highest BCUT2D eigenvalue weighted by Gasteiger charge is 2.18. The third-order valence-corrected chi connectivity index (χ3v) is 3.89. The van der Waals surface area contributed by atoms with E-state index in [2.05, 4.69) is 20.6 Å². The van der Waals surface area contributed by atoms with Gasteiger partial charge in [-0.2, -0.15) is 0 Å². The molecule has 0 spiro atoms. The second-order valence-electron chi connectivity index (χ2n) is 5.66. The lowest BCUT2D eigenvalue weighted by Crippen LogP contribution is -2.45. The minimum absolute atomic E-state index is 0.153. The molecule has 7 nitrogen and oxygen atoms in total. The maximum Gasteiger partial charge on any atom is 0.270 e. The Morgan fingerprint density at radius 3 is 3.00 bits per heavy atom. The molecule has 2 N–H and O–H groups in total. The predicted octanol–water partition coefficient (Wildman–Crippen LogP) is 1.07. The van der Waals surface area contributed by atoms with Gasteiger partial charge in [0.25, 0.3) is 5.91 Å². The van der Waals surface area contributed by atoms with Crippen molar-refractivity contribution in [1.82, 2.24) is 25.2 Å². The van der Waals surface area contributed by atoms with E-state index in [1.807, 2.05) is 23.8 Å². The third kappa shape index (κ3) is 3.50. The summed E-state index contributed by atoms with van der Waals surface area (Å²) in [4.78, 5) is 20.9. The van der Waals surface area contributed by atoms with Crippen LogP contribution in [0.5, 0.6) is 5.88 Å². The normalized spacial score (nSPS) is 17.7. The summed E-state index contributed by atoms with van der Waals surface area (Å²) in [6.45, 7) is 3.73. The van der Waals surface area contributed by atoms with Gasteiger partial charge in [0.2, 0.25) is 5.88 Å². The summed E-state index contributed by atoms with van der Waals surface area (Å²) < 4.78 is 7.17. The highest BCUT2D eigenvalue weighted by Crippen LogP contribution is 2.21. The Balaban J connectivity index is 1.79. The third-order valence-electron chi connectivity index (χ3n) is 3.89. The summed E-state index contributed by atoms with van der Waals surface area (Å²) in [7, 11) is 1.54. The molecule has 0 radical (unpaired) electrons. The molecule has 3 rings (SSSR count). The zero-order valence-corrected chi connectivity index (χ0v) is 13.4. The molecule has 1 atom stereocenters. The maximum absolute atomic E-state index is 12.4. The minimum atomic E-state index is -0.176. The average Bonchev–Trinajstić information content (AvgIpc) is 3.01. The number of piperidine rings is 1. The molecule has 2 aromatic rings. The average molecular weight is 315 g/mol. The molecule has 2 aromatic heterocycles. The number of methoxy groups -OCH3 is 1. The van der Waals surface area contributed by atoms with Crippen molar-refractivity contribution in [3.8, 4) is 11.6 Å². The van der Waals surface area contributed by atoms with E-state index in [4.69, 9.17) is 4.74 Å². The number of nitrogens with one attached hydrogen (secondary N) is 2. The zero-order chi connectivity index (χ0) is 16.2. The van der Waals surface area contributed by atoms with Crippen molar-refractivity contribution in [2.24, 2.45) is 0 Å². The molecule has 1 aliphatic heterocycles. The molecular weight excluding hydrogens is 294 g/mol. The van der Waals surface area contributed by atoms with Crippen molar-refractivity contribution in [1.29, 1.82) is 0 Å². The van der Waals surface area contributed by atoms with Crippen molar-refractivity contribution in [2.45, 2.75) is 25.8 Å². The fourth-order valence-corrected chi connectivity index (χ4v) is 2.69. The van der Waals surface area contributed by atoms with E-state index in [1.54, 1.807) is 19.5 Å². The van der Waals surface area contributed by atoms with Gasteiger partial charge in [0.1, 0.15) is 11.4 Å². The van der Waals surface area contributed by atoms with Crippen LogP contribution in [0.15, 0.2) is 24.7 Å². The van der Waals surface area contributed by atoms with Crippen LogP contribution in [0, 0.1) is 6.92 Å². The second kappa shape index (κ2) is 6.78. The van der Waals surface area contributed by atoms with Gasteiger partial charge in [0.05, 0.1) is 19.1 Å². The summed E-state index contributed by atoms with van der Waals surface area (Å²) >= 11 is 0. The quantitative estimate of drug-likeness (QED) is 0.882. The zero-order valence-electron chi connectivity index (χ0n) is 13.4. The Labute approximate surface area is 135 Å². The predicted molar refractivity (Wildman–Crippen MR) is 86.0 cm³/mol. The van der Waals surface area contributed by atoms with Gasteiger partial charge in [0.15, 0.2) is 0 Å². The minimum Gasteiger partial charge on any atom is -0.479 e. The number of imidazole rings is 1. The van der Waals surface area contributed by atoms with Crippen LogP contribution < -0.4 is 15.4 Å². The lowest BCUT2D eigenvalue weighted by atomic mass is 10.1. The van der Waals surface area contributed by atoms with Crippen molar-refractivity contribution >= 4 is 5.91 Å². The Morgan fingerprint density at radius 2 is 2.35 bits per heavy atom. The molecule has 0 saturated carbocycles. The Morgan fingerprint density at radius 1 is 1.48 bits per heavy atom. The van der Waals surface area contributed by atoms with E-state index < -0.39 is 0 Å². The lowest BCUT2D eigenvalue weighted by Gasteiger charge is -2.23. The first-order valence-corrected chi connectivity index (χ1v) is 7.75. The van der Waals surface area contributed by atoms with Crippen molar-refractivity contribution < 1.29 is 9.53 Å². The number of aromatic nitrogens is 3. The number of pyridine rings is 1. The number of carbonyl (C=O) groups is 1. The van der Waals surface area contributed by atoms with Crippen LogP contribution in [0.2, 0.25) is 0 Å².